The zero-order valence-corrected chi connectivity index (χ0v) is 13.9. The lowest BCUT2D eigenvalue weighted by Gasteiger charge is -2.33. The largest absolute Gasteiger partial charge is 0.395 e. The predicted octanol–water partition coefficient (Wildman–Crippen LogP) is 1.60. The van der Waals surface area contributed by atoms with E-state index in [0.717, 1.165) is 29.9 Å². The van der Waals surface area contributed by atoms with Crippen molar-refractivity contribution < 1.29 is 9.90 Å². The van der Waals surface area contributed by atoms with Gasteiger partial charge >= 0.3 is 0 Å². The van der Waals surface area contributed by atoms with Gasteiger partial charge in [-0.25, -0.2) is 0 Å². The van der Waals surface area contributed by atoms with E-state index in [0.29, 0.717) is 19.1 Å². The average Bonchev–Trinajstić information content (AvgIpc) is 2.74. The molecule has 0 atom stereocenters. The Hall–Kier alpha value is -1.40. The first-order valence-corrected chi connectivity index (χ1v) is 8.18. The molecule has 6 nitrogen and oxygen atoms in total. The molecule has 0 spiro atoms. The van der Waals surface area contributed by atoms with Crippen LogP contribution in [0.5, 0.6) is 0 Å². The monoisotopic (exact) mass is 308 g/mol. The van der Waals surface area contributed by atoms with E-state index in [1.165, 1.54) is 19.3 Å². The van der Waals surface area contributed by atoms with Crippen molar-refractivity contribution >= 4 is 11.6 Å². The molecule has 1 heterocycles. The van der Waals surface area contributed by atoms with Gasteiger partial charge in [-0.1, -0.05) is 19.3 Å². The van der Waals surface area contributed by atoms with E-state index >= 15 is 0 Å². The Bertz CT molecular complexity index is 506. The summed E-state index contributed by atoms with van der Waals surface area (Å²) in [6.45, 7) is 4.83. The highest BCUT2D eigenvalue weighted by Gasteiger charge is 2.23. The molecule has 2 rings (SSSR count). The van der Waals surface area contributed by atoms with Crippen LogP contribution in [0.15, 0.2) is 0 Å². The maximum atomic E-state index is 12.4. The molecule has 1 aromatic rings. The van der Waals surface area contributed by atoms with Crippen LogP contribution in [0.3, 0.4) is 0 Å². The van der Waals surface area contributed by atoms with Crippen molar-refractivity contribution in [3.63, 3.8) is 0 Å². The maximum absolute atomic E-state index is 12.4. The van der Waals surface area contributed by atoms with Crippen LogP contribution in [0.4, 0.5) is 5.69 Å². The highest BCUT2D eigenvalue weighted by molar-refractivity contribution is 5.93. The average molecular weight is 308 g/mol. The van der Waals surface area contributed by atoms with Gasteiger partial charge in [-0.2, -0.15) is 5.10 Å². The number of rotatable bonds is 6. The molecule has 22 heavy (non-hydrogen) atoms. The van der Waals surface area contributed by atoms with Gasteiger partial charge in [0.25, 0.3) is 0 Å². The van der Waals surface area contributed by atoms with Gasteiger partial charge in [0.1, 0.15) is 0 Å². The number of carbonyl (C=O) groups is 1. The first kappa shape index (κ1) is 17.0. The molecule has 1 aromatic heterocycles. The topological polar surface area (TPSA) is 70.4 Å². The molecule has 124 valence electrons. The van der Waals surface area contributed by atoms with Crippen molar-refractivity contribution in [3.05, 3.63) is 11.4 Å². The first-order chi connectivity index (χ1) is 10.5. The molecule has 0 radical (unpaired) electrons. The number of aromatic nitrogens is 2. The van der Waals surface area contributed by atoms with Crippen molar-refractivity contribution in [2.24, 2.45) is 7.05 Å². The Morgan fingerprint density at radius 1 is 1.36 bits per heavy atom. The smallest absolute Gasteiger partial charge is 0.238 e. The summed E-state index contributed by atoms with van der Waals surface area (Å²) >= 11 is 0. The number of aryl methyl sites for hydroxylation is 2. The molecule has 1 aliphatic rings. The minimum absolute atomic E-state index is 0.0294. The van der Waals surface area contributed by atoms with Crippen LogP contribution >= 0.6 is 0 Å². The molecule has 1 saturated carbocycles. The Morgan fingerprint density at radius 3 is 2.59 bits per heavy atom. The third kappa shape index (κ3) is 4.08. The van der Waals surface area contributed by atoms with Gasteiger partial charge < -0.3 is 10.4 Å². The summed E-state index contributed by atoms with van der Waals surface area (Å²) in [7, 11) is 1.87. The Morgan fingerprint density at radius 2 is 2.05 bits per heavy atom. The molecule has 1 amide bonds. The van der Waals surface area contributed by atoms with Crippen LogP contribution in [0.25, 0.3) is 0 Å². The molecule has 1 fully saturated rings. The minimum Gasteiger partial charge on any atom is -0.395 e. The van der Waals surface area contributed by atoms with Crippen LogP contribution in [-0.4, -0.2) is 51.4 Å². The Balaban J connectivity index is 1.98. The van der Waals surface area contributed by atoms with Crippen molar-refractivity contribution in [3.8, 4) is 0 Å². The van der Waals surface area contributed by atoms with Gasteiger partial charge in [-0.3, -0.25) is 14.4 Å². The van der Waals surface area contributed by atoms with Gasteiger partial charge in [0.15, 0.2) is 0 Å². The van der Waals surface area contributed by atoms with Crippen molar-refractivity contribution in [1.29, 1.82) is 0 Å². The second-order valence-corrected chi connectivity index (χ2v) is 6.20. The van der Waals surface area contributed by atoms with E-state index < -0.39 is 0 Å². The van der Waals surface area contributed by atoms with E-state index in [9.17, 15) is 9.90 Å². The molecular weight excluding hydrogens is 280 g/mol. The van der Waals surface area contributed by atoms with Crippen LogP contribution in [0.2, 0.25) is 0 Å². The lowest BCUT2D eigenvalue weighted by Crippen LogP contribution is -2.43. The number of carbonyl (C=O) groups excluding carboxylic acids is 1. The fourth-order valence-corrected chi connectivity index (χ4v) is 3.28. The second kappa shape index (κ2) is 7.74. The normalized spacial score (nSPS) is 16.2. The molecule has 2 N–H and O–H groups in total. The summed E-state index contributed by atoms with van der Waals surface area (Å²) in [6.07, 6.45) is 5.96. The molecule has 1 aliphatic carbocycles. The maximum Gasteiger partial charge on any atom is 0.238 e. The number of aliphatic hydroxyl groups is 1. The minimum atomic E-state index is -0.0294. The molecular formula is C16H28N4O2. The van der Waals surface area contributed by atoms with Crippen LogP contribution in [0.1, 0.15) is 43.5 Å². The summed E-state index contributed by atoms with van der Waals surface area (Å²) < 4.78 is 1.78. The molecule has 0 aliphatic heterocycles. The molecule has 6 heteroatoms. The molecule has 0 bridgehead atoms. The third-order valence-electron chi connectivity index (χ3n) is 4.60. The zero-order valence-electron chi connectivity index (χ0n) is 13.9. The van der Waals surface area contributed by atoms with Crippen LogP contribution < -0.4 is 5.32 Å². The summed E-state index contributed by atoms with van der Waals surface area (Å²) in [6, 6.07) is 0.419. The van der Waals surface area contributed by atoms with E-state index in [1.54, 1.807) is 4.68 Å². The molecule has 0 aromatic carbocycles. The van der Waals surface area contributed by atoms with E-state index in [-0.39, 0.29) is 12.5 Å². The summed E-state index contributed by atoms with van der Waals surface area (Å²) in [5.74, 6) is -0.0294. The number of nitrogens with zero attached hydrogens (tertiary/aromatic N) is 3. The third-order valence-corrected chi connectivity index (χ3v) is 4.60. The van der Waals surface area contributed by atoms with E-state index in [1.807, 2.05) is 20.9 Å². The van der Waals surface area contributed by atoms with Gasteiger partial charge in [-0.15, -0.1) is 0 Å². The number of anilines is 1. The fraction of sp³-hybridized carbons (Fsp3) is 0.750. The van der Waals surface area contributed by atoms with Crippen LogP contribution in [0, 0.1) is 13.8 Å². The van der Waals surface area contributed by atoms with Gasteiger partial charge in [0.2, 0.25) is 5.91 Å². The van der Waals surface area contributed by atoms with Crippen molar-refractivity contribution in [2.75, 3.05) is 25.0 Å². The second-order valence-electron chi connectivity index (χ2n) is 6.20. The van der Waals surface area contributed by atoms with Crippen molar-refractivity contribution in [2.45, 2.75) is 52.0 Å². The summed E-state index contributed by atoms with van der Waals surface area (Å²) in [5.41, 5.74) is 2.59. The summed E-state index contributed by atoms with van der Waals surface area (Å²) in [5, 5.41) is 16.6. The highest BCUT2D eigenvalue weighted by Crippen LogP contribution is 2.23. The SMILES string of the molecule is Cc1nn(C)c(C)c1NC(=O)CN(CCO)C1CCCCC1. The first-order valence-electron chi connectivity index (χ1n) is 8.18. The number of aliphatic hydroxyl groups excluding tert-OH is 1. The summed E-state index contributed by atoms with van der Waals surface area (Å²) in [4.78, 5) is 14.5. The zero-order chi connectivity index (χ0) is 16.1. The van der Waals surface area contributed by atoms with E-state index in [4.69, 9.17) is 0 Å². The standard InChI is InChI=1S/C16H28N4O2/c1-12-16(13(2)19(3)18-12)17-15(22)11-20(9-10-21)14-7-5-4-6-8-14/h14,21H,4-11H2,1-3H3,(H,17,22). The lowest BCUT2D eigenvalue weighted by molar-refractivity contribution is -0.118. The number of hydrogen-bond acceptors (Lipinski definition) is 4. The Kier molecular flexibility index (Phi) is 5.97. The number of hydrogen-bond donors (Lipinski definition) is 2. The van der Waals surface area contributed by atoms with Gasteiger partial charge in [0.05, 0.1) is 30.2 Å². The molecule has 0 unspecified atom stereocenters. The number of amides is 1. The Labute approximate surface area is 132 Å². The van der Waals surface area contributed by atoms with Gasteiger partial charge in [-0.05, 0) is 26.7 Å². The van der Waals surface area contributed by atoms with Crippen LogP contribution in [-0.2, 0) is 11.8 Å². The molecule has 0 saturated heterocycles. The lowest BCUT2D eigenvalue weighted by atomic mass is 9.94. The highest BCUT2D eigenvalue weighted by atomic mass is 16.3. The van der Waals surface area contributed by atoms with Crippen molar-refractivity contribution in [1.82, 2.24) is 14.7 Å². The fourth-order valence-electron chi connectivity index (χ4n) is 3.28. The number of nitrogens with one attached hydrogen (secondary N) is 1. The van der Waals surface area contributed by atoms with E-state index in [2.05, 4.69) is 15.3 Å². The van der Waals surface area contributed by atoms with Gasteiger partial charge in [0, 0.05) is 19.6 Å². The quantitative estimate of drug-likeness (QED) is 0.837. The predicted molar refractivity (Wildman–Crippen MR) is 86.8 cm³/mol.